The van der Waals surface area contributed by atoms with Crippen LogP contribution in [0.2, 0.25) is 0 Å². The van der Waals surface area contributed by atoms with Crippen molar-refractivity contribution in [2.24, 2.45) is 0 Å². The Balaban J connectivity index is 2.37. The number of nitrogens with zero attached hydrogens (tertiary/aromatic N) is 1. The van der Waals surface area contributed by atoms with Gasteiger partial charge >= 0.3 is 5.69 Å². The minimum atomic E-state index is -0.570. The average molecular weight is 272 g/mol. The van der Waals surface area contributed by atoms with Gasteiger partial charge in [0, 0.05) is 17.3 Å². The van der Waals surface area contributed by atoms with Gasteiger partial charge in [-0.2, -0.15) is 0 Å². The molecule has 2 aromatic rings. The second kappa shape index (κ2) is 5.28. The number of nitrogens with one attached hydrogen (secondary N) is 1. The van der Waals surface area contributed by atoms with Crippen molar-refractivity contribution in [2.75, 3.05) is 0 Å². The lowest BCUT2D eigenvalue weighted by molar-refractivity contribution is 0.0969. The highest BCUT2D eigenvalue weighted by Gasteiger charge is 2.11. The SMILES string of the molecule is Cc1ccc(C)c(C(=O)Cn2cc(C)c(=O)[nH]c2=O)c1. The van der Waals surface area contributed by atoms with E-state index in [2.05, 4.69) is 4.98 Å². The molecule has 0 bridgehead atoms. The zero-order valence-corrected chi connectivity index (χ0v) is 11.7. The molecule has 1 aromatic heterocycles. The standard InChI is InChI=1S/C15H16N2O3/c1-9-4-5-10(2)12(6-9)13(18)8-17-7-11(3)14(19)16-15(17)20/h4-7H,8H2,1-3H3,(H,16,19,20). The summed E-state index contributed by atoms with van der Waals surface area (Å²) in [7, 11) is 0. The highest BCUT2D eigenvalue weighted by atomic mass is 16.2. The summed E-state index contributed by atoms with van der Waals surface area (Å²) in [6, 6.07) is 5.62. The number of aromatic nitrogens is 2. The maximum Gasteiger partial charge on any atom is 0.328 e. The highest BCUT2D eigenvalue weighted by molar-refractivity contribution is 5.97. The van der Waals surface area contributed by atoms with Crippen molar-refractivity contribution in [3.05, 3.63) is 67.5 Å². The Labute approximate surface area is 115 Å². The third kappa shape index (κ3) is 2.77. The van der Waals surface area contributed by atoms with Crippen molar-refractivity contribution in [3.63, 3.8) is 0 Å². The summed E-state index contributed by atoms with van der Waals surface area (Å²) in [6.07, 6.45) is 1.41. The maximum atomic E-state index is 12.3. The Kier molecular flexibility index (Phi) is 3.70. The highest BCUT2D eigenvalue weighted by Crippen LogP contribution is 2.12. The molecule has 0 fully saturated rings. The minimum absolute atomic E-state index is 0.0826. The molecule has 2 rings (SSSR count). The molecule has 0 saturated heterocycles. The van der Waals surface area contributed by atoms with Gasteiger partial charge in [0.1, 0.15) is 0 Å². The molecule has 0 aliphatic heterocycles. The molecule has 0 saturated carbocycles. The molecule has 0 spiro atoms. The lowest BCUT2D eigenvalue weighted by Gasteiger charge is -2.08. The number of hydrogen-bond donors (Lipinski definition) is 1. The van der Waals surface area contributed by atoms with E-state index in [1.807, 2.05) is 26.0 Å². The quantitative estimate of drug-likeness (QED) is 0.857. The van der Waals surface area contributed by atoms with Gasteiger partial charge in [0.15, 0.2) is 5.78 Å². The first-order valence-corrected chi connectivity index (χ1v) is 6.29. The first kappa shape index (κ1) is 14.0. The molecular weight excluding hydrogens is 256 g/mol. The molecule has 0 amide bonds. The van der Waals surface area contributed by atoms with Crippen LogP contribution in [0.15, 0.2) is 34.0 Å². The van der Waals surface area contributed by atoms with Crippen LogP contribution < -0.4 is 11.2 Å². The van der Waals surface area contributed by atoms with Crippen molar-refractivity contribution in [3.8, 4) is 0 Å². The zero-order chi connectivity index (χ0) is 14.9. The monoisotopic (exact) mass is 272 g/mol. The largest absolute Gasteiger partial charge is 0.328 e. The lowest BCUT2D eigenvalue weighted by atomic mass is 10.0. The predicted molar refractivity (Wildman–Crippen MR) is 76.3 cm³/mol. The van der Waals surface area contributed by atoms with Crippen LogP contribution in [0.5, 0.6) is 0 Å². The number of rotatable bonds is 3. The predicted octanol–water partition coefficient (Wildman–Crippen LogP) is 1.34. The average Bonchev–Trinajstić information content (AvgIpc) is 2.38. The summed E-state index contributed by atoms with van der Waals surface area (Å²) < 4.78 is 1.22. The van der Waals surface area contributed by atoms with Crippen molar-refractivity contribution in [1.29, 1.82) is 0 Å². The van der Waals surface area contributed by atoms with Crippen molar-refractivity contribution < 1.29 is 4.79 Å². The number of benzene rings is 1. The van der Waals surface area contributed by atoms with Gasteiger partial charge in [-0.15, -0.1) is 0 Å². The molecule has 5 nitrogen and oxygen atoms in total. The van der Waals surface area contributed by atoms with Crippen molar-refractivity contribution >= 4 is 5.78 Å². The van der Waals surface area contributed by atoms with Crippen LogP contribution in [0, 0.1) is 20.8 Å². The minimum Gasteiger partial charge on any atom is -0.293 e. The molecule has 104 valence electrons. The van der Waals surface area contributed by atoms with Crippen LogP contribution >= 0.6 is 0 Å². The third-order valence-corrected chi connectivity index (χ3v) is 3.20. The van der Waals surface area contributed by atoms with Crippen LogP contribution in [-0.2, 0) is 6.54 Å². The van der Waals surface area contributed by atoms with Crippen molar-refractivity contribution in [2.45, 2.75) is 27.3 Å². The van der Waals surface area contributed by atoms with Gasteiger partial charge in [0.25, 0.3) is 5.56 Å². The van der Waals surface area contributed by atoms with Gasteiger partial charge < -0.3 is 0 Å². The summed E-state index contributed by atoms with van der Waals surface area (Å²) in [5.74, 6) is -0.153. The third-order valence-electron chi connectivity index (χ3n) is 3.20. The number of carbonyl (C=O) groups is 1. The fraction of sp³-hybridized carbons (Fsp3) is 0.267. The van der Waals surface area contributed by atoms with E-state index in [1.54, 1.807) is 13.0 Å². The number of ketones is 1. The molecular formula is C15H16N2O3. The number of hydrogen-bond acceptors (Lipinski definition) is 3. The van der Waals surface area contributed by atoms with Crippen LogP contribution in [0.1, 0.15) is 27.0 Å². The van der Waals surface area contributed by atoms with E-state index in [4.69, 9.17) is 0 Å². The van der Waals surface area contributed by atoms with E-state index in [9.17, 15) is 14.4 Å². The molecule has 0 unspecified atom stereocenters. The molecule has 0 aliphatic carbocycles. The number of carbonyl (C=O) groups excluding carboxylic acids is 1. The van der Waals surface area contributed by atoms with Gasteiger partial charge in [0.2, 0.25) is 0 Å². The van der Waals surface area contributed by atoms with Gasteiger partial charge in [-0.3, -0.25) is 19.1 Å². The fourth-order valence-corrected chi connectivity index (χ4v) is 2.01. The van der Waals surface area contributed by atoms with Crippen LogP contribution in [-0.4, -0.2) is 15.3 Å². The Hall–Kier alpha value is -2.43. The van der Waals surface area contributed by atoms with Crippen molar-refractivity contribution in [1.82, 2.24) is 9.55 Å². The number of H-pyrrole nitrogens is 1. The molecule has 20 heavy (non-hydrogen) atoms. The molecule has 0 atom stereocenters. The van der Waals surface area contributed by atoms with E-state index < -0.39 is 11.2 Å². The Morgan fingerprint density at radius 3 is 2.55 bits per heavy atom. The van der Waals surface area contributed by atoms with Gasteiger partial charge in [-0.05, 0) is 32.4 Å². The van der Waals surface area contributed by atoms with Crippen LogP contribution in [0.4, 0.5) is 0 Å². The van der Waals surface area contributed by atoms with Gasteiger partial charge in [-0.25, -0.2) is 4.79 Å². The summed E-state index contributed by atoms with van der Waals surface area (Å²) in [4.78, 5) is 37.4. The topological polar surface area (TPSA) is 71.9 Å². The zero-order valence-electron chi connectivity index (χ0n) is 11.7. The van der Waals surface area contributed by atoms with E-state index in [0.717, 1.165) is 11.1 Å². The molecule has 5 heteroatoms. The smallest absolute Gasteiger partial charge is 0.293 e. The van der Waals surface area contributed by atoms with E-state index in [0.29, 0.717) is 11.1 Å². The molecule has 1 aromatic carbocycles. The Morgan fingerprint density at radius 1 is 1.15 bits per heavy atom. The second-order valence-electron chi connectivity index (χ2n) is 4.94. The van der Waals surface area contributed by atoms with E-state index >= 15 is 0 Å². The Bertz CT molecular complexity index is 784. The van der Waals surface area contributed by atoms with Gasteiger partial charge in [0.05, 0.1) is 6.54 Å². The lowest BCUT2D eigenvalue weighted by Crippen LogP contribution is -2.32. The maximum absolute atomic E-state index is 12.3. The van der Waals surface area contributed by atoms with Gasteiger partial charge in [-0.1, -0.05) is 17.7 Å². The summed E-state index contributed by atoms with van der Waals surface area (Å²) in [6.45, 7) is 5.28. The van der Waals surface area contributed by atoms with Crippen LogP contribution in [0.25, 0.3) is 0 Å². The molecule has 1 N–H and O–H groups in total. The Morgan fingerprint density at radius 2 is 1.85 bits per heavy atom. The van der Waals surface area contributed by atoms with E-state index in [1.165, 1.54) is 10.8 Å². The first-order chi connectivity index (χ1) is 9.38. The normalized spacial score (nSPS) is 10.6. The number of aromatic amines is 1. The van der Waals surface area contributed by atoms with E-state index in [-0.39, 0.29) is 12.3 Å². The molecule has 1 heterocycles. The molecule has 0 aliphatic rings. The first-order valence-electron chi connectivity index (χ1n) is 6.29. The van der Waals surface area contributed by atoms with Crippen LogP contribution in [0.3, 0.4) is 0 Å². The number of Topliss-reactive ketones (excluding diaryl/α,β-unsaturated/α-hetero) is 1. The number of aryl methyl sites for hydroxylation is 3. The fourth-order valence-electron chi connectivity index (χ4n) is 2.01. The summed E-state index contributed by atoms with van der Waals surface area (Å²) in [5, 5.41) is 0. The molecule has 0 radical (unpaired) electrons. The second-order valence-corrected chi connectivity index (χ2v) is 4.94. The summed E-state index contributed by atoms with van der Waals surface area (Å²) >= 11 is 0. The summed E-state index contributed by atoms with van der Waals surface area (Å²) in [5.41, 5.74) is 1.86.